The van der Waals surface area contributed by atoms with Crippen LogP contribution in [-0.4, -0.2) is 35.8 Å². The van der Waals surface area contributed by atoms with Crippen LogP contribution in [0.3, 0.4) is 0 Å². The Morgan fingerprint density at radius 2 is 2.03 bits per heavy atom. The van der Waals surface area contributed by atoms with Gasteiger partial charge in [0.15, 0.2) is 11.5 Å². The number of anilines is 1. The number of hydrogen-bond acceptors (Lipinski definition) is 6. The number of carbonyl (C=O) groups excluding carboxylic acids is 1. The Bertz CT molecular complexity index is 1120. The first kappa shape index (κ1) is 21.1. The third-order valence-corrected chi connectivity index (χ3v) is 5.22. The maximum absolute atomic E-state index is 13.6. The predicted octanol–water partition coefficient (Wildman–Crippen LogP) is 4.85. The lowest BCUT2D eigenvalue weighted by Gasteiger charge is -2.17. The second-order valence-electron chi connectivity index (χ2n) is 7.49. The van der Waals surface area contributed by atoms with Crippen LogP contribution in [0.4, 0.5) is 10.1 Å². The lowest BCUT2D eigenvalue weighted by atomic mass is 10.1. The molecule has 0 bridgehead atoms. The van der Waals surface area contributed by atoms with Crippen LogP contribution in [0.1, 0.15) is 32.1 Å². The standard InChI is InChI=1S/C22H21ClFN3O4/c1-12(2)30-18-7-4-13(8-19(18)29-3)21-25-22(31-26-21)14-9-20(28)27(11-14)17-10-15(24)5-6-16(17)23/h4-8,10,12,14H,9,11H2,1-3H3. The maximum Gasteiger partial charge on any atom is 0.232 e. The summed E-state index contributed by atoms with van der Waals surface area (Å²) in [6, 6.07) is 9.29. The van der Waals surface area contributed by atoms with Gasteiger partial charge in [-0.2, -0.15) is 4.98 Å². The van der Waals surface area contributed by atoms with Crippen molar-refractivity contribution in [2.24, 2.45) is 0 Å². The van der Waals surface area contributed by atoms with Gasteiger partial charge in [0.25, 0.3) is 0 Å². The molecule has 0 saturated carbocycles. The molecule has 7 nitrogen and oxygen atoms in total. The van der Waals surface area contributed by atoms with Gasteiger partial charge in [-0.05, 0) is 50.2 Å². The summed E-state index contributed by atoms with van der Waals surface area (Å²) >= 11 is 6.16. The number of carbonyl (C=O) groups is 1. The van der Waals surface area contributed by atoms with Gasteiger partial charge < -0.3 is 18.9 Å². The maximum atomic E-state index is 13.6. The van der Waals surface area contributed by atoms with Crippen molar-refractivity contribution in [3.05, 3.63) is 53.1 Å². The zero-order valence-corrected chi connectivity index (χ0v) is 18.0. The first-order chi connectivity index (χ1) is 14.9. The number of aromatic nitrogens is 2. The van der Waals surface area contributed by atoms with Gasteiger partial charge in [-0.15, -0.1) is 0 Å². The molecule has 162 valence electrons. The van der Waals surface area contributed by atoms with E-state index in [0.29, 0.717) is 39.5 Å². The van der Waals surface area contributed by atoms with Crippen molar-refractivity contribution >= 4 is 23.2 Å². The number of halogens is 2. The second kappa shape index (κ2) is 8.55. The molecule has 0 aliphatic carbocycles. The fraction of sp³-hybridized carbons (Fsp3) is 0.318. The third kappa shape index (κ3) is 4.34. The van der Waals surface area contributed by atoms with E-state index in [4.69, 9.17) is 25.6 Å². The first-order valence-corrected chi connectivity index (χ1v) is 10.2. The molecule has 0 spiro atoms. The van der Waals surface area contributed by atoms with Gasteiger partial charge in [0.05, 0.1) is 29.8 Å². The molecule has 3 aromatic rings. The number of hydrogen-bond donors (Lipinski definition) is 0. The van der Waals surface area contributed by atoms with E-state index in [0.717, 1.165) is 0 Å². The molecule has 31 heavy (non-hydrogen) atoms. The van der Waals surface area contributed by atoms with Crippen LogP contribution in [0.5, 0.6) is 11.5 Å². The molecule has 4 rings (SSSR count). The summed E-state index contributed by atoms with van der Waals surface area (Å²) in [6.07, 6.45) is 0.171. The zero-order chi connectivity index (χ0) is 22.1. The first-order valence-electron chi connectivity index (χ1n) is 9.79. The minimum atomic E-state index is -0.463. The molecule has 2 heterocycles. The summed E-state index contributed by atoms with van der Waals surface area (Å²) in [5, 5.41) is 4.36. The Kier molecular flexibility index (Phi) is 5.82. The summed E-state index contributed by atoms with van der Waals surface area (Å²) in [4.78, 5) is 18.4. The molecule has 1 fully saturated rings. The Balaban J connectivity index is 1.55. The van der Waals surface area contributed by atoms with Crippen LogP contribution in [0.25, 0.3) is 11.4 Å². The van der Waals surface area contributed by atoms with Crippen molar-refractivity contribution in [3.8, 4) is 22.9 Å². The van der Waals surface area contributed by atoms with Gasteiger partial charge in [0, 0.05) is 18.5 Å². The number of nitrogens with zero attached hydrogens (tertiary/aromatic N) is 3. The van der Waals surface area contributed by atoms with Gasteiger partial charge in [0.2, 0.25) is 17.6 Å². The van der Waals surface area contributed by atoms with E-state index >= 15 is 0 Å². The molecule has 1 aromatic heterocycles. The summed E-state index contributed by atoms with van der Waals surface area (Å²) < 4.78 is 30.2. The SMILES string of the molecule is COc1cc(-c2noc(C3CC(=O)N(c4cc(F)ccc4Cl)C3)n2)ccc1OC(C)C. The molecule has 0 N–H and O–H groups in total. The highest BCUT2D eigenvalue weighted by Crippen LogP contribution is 2.37. The highest BCUT2D eigenvalue weighted by molar-refractivity contribution is 6.33. The lowest BCUT2D eigenvalue weighted by Crippen LogP contribution is -2.24. The molecule has 1 aliphatic rings. The van der Waals surface area contributed by atoms with E-state index < -0.39 is 5.82 Å². The van der Waals surface area contributed by atoms with Crippen LogP contribution >= 0.6 is 11.6 Å². The van der Waals surface area contributed by atoms with Gasteiger partial charge in [-0.1, -0.05) is 16.8 Å². The van der Waals surface area contributed by atoms with Gasteiger partial charge >= 0.3 is 0 Å². The van der Waals surface area contributed by atoms with E-state index in [2.05, 4.69) is 10.1 Å². The average molecular weight is 446 g/mol. The van der Waals surface area contributed by atoms with Crippen molar-refractivity contribution in [1.29, 1.82) is 0 Å². The third-order valence-electron chi connectivity index (χ3n) is 4.90. The fourth-order valence-corrected chi connectivity index (χ4v) is 3.69. The number of ether oxygens (including phenoxy) is 2. The molecule has 1 aliphatic heterocycles. The molecular formula is C22H21ClFN3O4. The molecule has 1 unspecified atom stereocenters. The normalized spacial score (nSPS) is 16.3. The van der Waals surface area contributed by atoms with Crippen LogP contribution in [0.2, 0.25) is 5.02 Å². The number of benzene rings is 2. The smallest absolute Gasteiger partial charge is 0.232 e. The Hall–Kier alpha value is -3.13. The van der Waals surface area contributed by atoms with Gasteiger partial charge in [0.1, 0.15) is 5.82 Å². The Morgan fingerprint density at radius 1 is 1.23 bits per heavy atom. The summed E-state index contributed by atoms with van der Waals surface area (Å²) in [6.45, 7) is 4.14. The lowest BCUT2D eigenvalue weighted by molar-refractivity contribution is -0.117. The molecule has 1 amide bonds. The van der Waals surface area contributed by atoms with E-state index in [-0.39, 0.29) is 30.9 Å². The van der Waals surface area contributed by atoms with E-state index in [1.807, 2.05) is 19.9 Å². The summed E-state index contributed by atoms with van der Waals surface area (Å²) in [7, 11) is 1.56. The topological polar surface area (TPSA) is 77.7 Å². The van der Waals surface area contributed by atoms with Crippen LogP contribution in [0, 0.1) is 5.82 Å². The van der Waals surface area contributed by atoms with Crippen LogP contribution in [-0.2, 0) is 4.79 Å². The summed E-state index contributed by atoms with van der Waals surface area (Å²) in [5.41, 5.74) is 1.02. The molecular weight excluding hydrogens is 425 g/mol. The molecule has 1 saturated heterocycles. The number of rotatable bonds is 6. The summed E-state index contributed by atoms with van der Waals surface area (Å²) in [5.74, 6) is 0.913. The quantitative estimate of drug-likeness (QED) is 0.540. The van der Waals surface area contributed by atoms with Crippen LogP contribution < -0.4 is 14.4 Å². The van der Waals surface area contributed by atoms with Crippen molar-refractivity contribution in [2.75, 3.05) is 18.6 Å². The Labute approximate surface area is 183 Å². The average Bonchev–Trinajstić information content (AvgIpc) is 3.37. The van der Waals surface area contributed by atoms with Crippen molar-refractivity contribution < 1.29 is 23.2 Å². The molecule has 2 aromatic carbocycles. The minimum Gasteiger partial charge on any atom is -0.493 e. The van der Waals surface area contributed by atoms with E-state index in [1.54, 1.807) is 19.2 Å². The number of amides is 1. The van der Waals surface area contributed by atoms with Crippen molar-refractivity contribution in [2.45, 2.75) is 32.3 Å². The monoisotopic (exact) mass is 445 g/mol. The second-order valence-corrected chi connectivity index (χ2v) is 7.90. The zero-order valence-electron chi connectivity index (χ0n) is 17.3. The van der Waals surface area contributed by atoms with E-state index in [1.165, 1.54) is 23.1 Å². The molecule has 9 heteroatoms. The predicted molar refractivity (Wildman–Crippen MR) is 113 cm³/mol. The Morgan fingerprint density at radius 3 is 2.77 bits per heavy atom. The highest BCUT2D eigenvalue weighted by Gasteiger charge is 2.36. The van der Waals surface area contributed by atoms with Crippen LogP contribution in [0.15, 0.2) is 40.9 Å². The highest BCUT2D eigenvalue weighted by atomic mass is 35.5. The largest absolute Gasteiger partial charge is 0.493 e. The van der Waals surface area contributed by atoms with Gasteiger partial charge in [-0.3, -0.25) is 4.79 Å². The van der Waals surface area contributed by atoms with E-state index in [9.17, 15) is 9.18 Å². The van der Waals surface area contributed by atoms with Crippen molar-refractivity contribution in [3.63, 3.8) is 0 Å². The molecule has 0 radical (unpaired) electrons. The molecule has 1 atom stereocenters. The fourth-order valence-electron chi connectivity index (χ4n) is 3.47. The van der Waals surface area contributed by atoms with Crippen molar-refractivity contribution in [1.82, 2.24) is 10.1 Å². The minimum absolute atomic E-state index is 0.00553. The van der Waals surface area contributed by atoms with Gasteiger partial charge in [-0.25, -0.2) is 4.39 Å². The number of methoxy groups -OCH3 is 1.